The summed E-state index contributed by atoms with van der Waals surface area (Å²) >= 11 is 7.50. The molecule has 1 fully saturated rings. The van der Waals surface area contributed by atoms with Crippen molar-refractivity contribution in [2.24, 2.45) is 0 Å². The average molecular weight is 354 g/mol. The minimum Gasteiger partial charge on any atom is -0.366 e. The number of nitrogens with zero attached hydrogens (tertiary/aromatic N) is 3. The van der Waals surface area contributed by atoms with Crippen molar-refractivity contribution in [3.8, 4) is 0 Å². The molecule has 8 heteroatoms. The first-order valence-electron chi connectivity index (χ1n) is 7.26. The van der Waals surface area contributed by atoms with Crippen molar-refractivity contribution in [3.63, 3.8) is 0 Å². The van der Waals surface area contributed by atoms with Gasteiger partial charge in [-0.25, -0.2) is 0 Å². The van der Waals surface area contributed by atoms with Gasteiger partial charge < -0.3 is 14.2 Å². The van der Waals surface area contributed by atoms with Crippen molar-refractivity contribution in [2.45, 2.75) is 17.4 Å². The van der Waals surface area contributed by atoms with Crippen molar-refractivity contribution in [1.29, 1.82) is 0 Å². The van der Waals surface area contributed by atoms with Gasteiger partial charge in [0.15, 0.2) is 0 Å². The van der Waals surface area contributed by atoms with E-state index >= 15 is 0 Å². The van der Waals surface area contributed by atoms with Crippen LogP contribution in [-0.4, -0.2) is 46.4 Å². The van der Waals surface area contributed by atoms with Crippen LogP contribution in [0.15, 0.2) is 40.1 Å². The lowest BCUT2D eigenvalue weighted by Crippen LogP contribution is -2.42. The Morgan fingerprint density at radius 3 is 2.96 bits per heavy atom. The van der Waals surface area contributed by atoms with Gasteiger partial charge in [0.1, 0.15) is 6.10 Å². The van der Waals surface area contributed by atoms with Gasteiger partial charge in [-0.05, 0) is 24.3 Å². The molecule has 1 aliphatic rings. The highest BCUT2D eigenvalue weighted by Crippen LogP contribution is 2.23. The third-order valence-corrected chi connectivity index (χ3v) is 4.75. The molecule has 0 N–H and O–H groups in total. The quantitative estimate of drug-likeness (QED) is 0.770. The minimum absolute atomic E-state index is 0.114. The topological polar surface area (TPSA) is 68.5 Å². The third kappa shape index (κ3) is 4.46. The molecule has 0 radical (unpaired) electrons. The summed E-state index contributed by atoms with van der Waals surface area (Å²) in [6.45, 7) is 1.54. The Bertz CT molecular complexity index is 636. The van der Waals surface area contributed by atoms with Gasteiger partial charge in [-0.15, -0.1) is 11.8 Å². The number of rotatable bonds is 5. The van der Waals surface area contributed by atoms with E-state index in [1.807, 2.05) is 24.3 Å². The number of morpholine rings is 1. The van der Waals surface area contributed by atoms with E-state index < -0.39 is 0 Å². The summed E-state index contributed by atoms with van der Waals surface area (Å²) in [6.07, 6.45) is 1.43. The second-order valence-electron chi connectivity index (χ2n) is 5.04. The molecule has 1 atom stereocenters. The highest BCUT2D eigenvalue weighted by atomic mass is 35.5. The molecule has 23 heavy (non-hydrogen) atoms. The Balaban J connectivity index is 1.47. The molecule has 1 aliphatic heterocycles. The van der Waals surface area contributed by atoms with Crippen molar-refractivity contribution >= 4 is 29.3 Å². The first kappa shape index (κ1) is 16.3. The van der Waals surface area contributed by atoms with Crippen LogP contribution in [0.2, 0.25) is 5.02 Å². The third-order valence-electron chi connectivity index (χ3n) is 3.48. The van der Waals surface area contributed by atoms with E-state index in [-0.39, 0.29) is 12.0 Å². The zero-order chi connectivity index (χ0) is 16.1. The van der Waals surface area contributed by atoms with Crippen molar-refractivity contribution in [1.82, 2.24) is 15.0 Å². The smallest absolute Gasteiger partial charge is 0.223 e. The van der Waals surface area contributed by atoms with Gasteiger partial charge in [-0.1, -0.05) is 16.8 Å². The maximum Gasteiger partial charge on any atom is 0.223 e. The largest absolute Gasteiger partial charge is 0.366 e. The molecule has 1 saturated heterocycles. The zero-order valence-electron chi connectivity index (χ0n) is 12.4. The minimum atomic E-state index is -0.310. The monoisotopic (exact) mass is 353 g/mol. The second kappa shape index (κ2) is 7.81. The molecular formula is C15H16ClN3O3S. The van der Waals surface area contributed by atoms with E-state index in [0.717, 1.165) is 10.6 Å². The molecule has 0 unspecified atom stereocenters. The Morgan fingerprint density at radius 2 is 2.22 bits per heavy atom. The van der Waals surface area contributed by atoms with Gasteiger partial charge in [-0.2, -0.15) is 4.98 Å². The lowest BCUT2D eigenvalue weighted by atomic mass is 10.2. The summed E-state index contributed by atoms with van der Waals surface area (Å²) in [5.41, 5.74) is 0. The number of halogens is 1. The molecule has 0 saturated carbocycles. The molecule has 122 valence electrons. The summed E-state index contributed by atoms with van der Waals surface area (Å²) in [5, 5.41) is 4.49. The number of amides is 1. The van der Waals surface area contributed by atoms with E-state index in [4.69, 9.17) is 20.9 Å². The molecule has 6 nitrogen and oxygen atoms in total. The van der Waals surface area contributed by atoms with Gasteiger partial charge in [0.05, 0.1) is 13.2 Å². The standard InChI is InChI=1S/C15H16ClN3O3S/c16-11-1-3-12(4-2-11)23-8-5-14(20)19-6-7-21-13(9-19)15-17-10-22-18-15/h1-4,10,13H,5-9H2/t13-/m1/s1. The van der Waals surface area contributed by atoms with E-state index in [9.17, 15) is 4.79 Å². The van der Waals surface area contributed by atoms with Crippen LogP contribution in [0.4, 0.5) is 0 Å². The van der Waals surface area contributed by atoms with E-state index in [1.165, 1.54) is 6.39 Å². The Kier molecular flexibility index (Phi) is 5.53. The fourth-order valence-electron chi connectivity index (χ4n) is 2.30. The number of hydrogen-bond acceptors (Lipinski definition) is 6. The number of carbonyl (C=O) groups is 1. The molecule has 0 bridgehead atoms. The van der Waals surface area contributed by atoms with Gasteiger partial charge in [-0.3, -0.25) is 4.79 Å². The van der Waals surface area contributed by atoms with Gasteiger partial charge in [0, 0.05) is 28.6 Å². The van der Waals surface area contributed by atoms with Crippen molar-refractivity contribution in [3.05, 3.63) is 41.5 Å². The van der Waals surface area contributed by atoms with Crippen molar-refractivity contribution in [2.75, 3.05) is 25.4 Å². The van der Waals surface area contributed by atoms with Gasteiger partial charge in [0.2, 0.25) is 18.1 Å². The number of hydrogen-bond donors (Lipinski definition) is 0. The molecule has 1 aromatic heterocycles. The molecule has 0 spiro atoms. The van der Waals surface area contributed by atoms with E-state index in [0.29, 0.717) is 37.0 Å². The second-order valence-corrected chi connectivity index (χ2v) is 6.65. The molecular weight excluding hydrogens is 338 g/mol. The fraction of sp³-hybridized carbons (Fsp3) is 0.400. The van der Waals surface area contributed by atoms with Crippen molar-refractivity contribution < 1.29 is 14.1 Å². The number of benzene rings is 1. The summed E-state index contributed by atoms with van der Waals surface area (Å²) in [4.78, 5) is 19.2. The van der Waals surface area contributed by atoms with Crippen LogP contribution in [0.3, 0.4) is 0 Å². The lowest BCUT2D eigenvalue weighted by Gasteiger charge is -2.31. The number of aromatic nitrogens is 2. The first-order chi connectivity index (χ1) is 11.2. The summed E-state index contributed by atoms with van der Waals surface area (Å²) in [6, 6.07) is 7.61. The van der Waals surface area contributed by atoms with Crippen LogP contribution in [-0.2, 0) is 9.53 Å². The predicted molar refractivity (Wildman–Crippen MR) is 86.4 cm³/mol. The maximum absolute atomic E-state index is 12.3. The van der Waals surface area contributed by atoms with Gasteiger partial charge in [0.25, 0.3) is 0 Å². The predicted octanol–water partition coefficient (Wildman–Crippen LogP) is 2.81. The van der Waals surface area contributed by atoms with Gasteiger partial charge >= 0.3 is 0 Å². The molecule has 1 aromatic carbocycles. The SMILES string of the molecule is O=C(CCSc1ccc(Cl)cc1)N1CCO[C@@H](c2ncon2)C1. The van der Waals surface area contributed by atoms with E-state index in [1.54, 1.807) is 16.7 Å². The number of thioether (sulfide) groups is 1. The zero-order valence-corrected chi connectivity index (χ0v) is 13.9. The fourth-order valence-corrected chi connectivity index (χ4v) is 3.26. The van der Waals surface area contributed by atoms with Crippen LogP contribution in [0.5, 0.6) is 0 Å². The highest BCUT2D eigenvalue weighted by Gasteiger charge is 2.27. The summed E-state index contributed by atoms with van der Waals surface area (Å²) in [5.74, 6) is 1.33. The van der Waals surface area contributed by atoms with Crippen LogP contribution in [0, 0.1) is 0 Å². The first-order valence-corrected chi connectivity index (χ1v) is 8.63. The molecule has 1 amide bonds. The van der Waals surface area contributed by atoms with Crippen LogP contribution >= 0.6 is 23.4 Å². The number of carbonyl (C=O) groups excluding carboxylic acids is 1. The Labute approximate surface area is 143 Å². The molecule has 3 rings (SSSR count). The van der Waals surface area contributed by atoms with Crippen LogP contribution in [0.1, 0.15) is 18.3 Å². The van der Waals surface area contributed by atoms with Crippen LogP contribution < -0.4 is 0 Å². The highest BCUT2D eigenvalue weighted by molar-refractivity contribution is 7.99. The van der Waals surface area contributed by atoms with Crippen LogP contribution in [0.25, 0.3) is 0 Å². The maximum atomic E-state index is 12.3. The average Bonchev–Trinajstić information content (AvgIpc) is 3.11. The molecule has 2 aromatic rings. The molecule has 2 heterocycles. The molecule has 0 aliphatic carbocycles. The number of ether oxygens (including phenoxy) is 1. The summed E-state index contributed by atoms with van der Waals surface area (Å²) < 4.78 is 10.3. The normalized spacial score (nSPS) is 18.1. The lowest BCUT2D eigenvalue weighted by molar-refractivity contribution is -0.138. The Morgan fingerprint density at radius 1 is 1.39 bits per heavy atom. The van der Waals surface area contributed by atoms with E-state index in [2.05, 4.69) is 10.1 Å². The summed E-state index contributed by atoms with van der Waals surface area (Å²) in [7, 11) is 0. The Hall–Kier alpha value is -1.57.